The van der Waals surface area contributed by atoms with Gasteiger partial charge in [-0.3, -0.25) is 0 Å². The van der Waals surface area contributed by atoms with Crippen LogP contribution in [-0.4, -0.2) is 26.5 Å². The van der Waals surface area contributed by atoms with E-state index in [0.29, 0.717) is 4.21 Å². The van der Waals surface area contributed by atoms with Crippen LogP contribution in [0, 0.1) is 0 Å². The lowest BCUT2D eigenvalue weighted by molar-refractivity contribution is 0.200. The average molecular weight is 246 g/mol. The van der Waals surface area contributed by atoms with Gasteiger partial charge >= 0.3 is 0 Å². The molecule has 0 saturated carbocycles. The molecule has 1 fully saturated rings. The number of hydrazine groups is 1. The van der Waals surface area contributed by atoms with Crippen LogP contribution in [-0.2, 0) is 10.0 Å². The number of hydrogen-bond donors (Lipinski definition) is 1. The minimum atomic E-state index is -3.32. The maximum Gasteiger partial charge on any atom is 0.262 e. The molecule has 84 valence electrons. The number of piperidine rings is 1. The quantitative estimate of drug-likeness (QED) is 0.877. The zero-order valence-corrected chi connectivity index (χ0v) is 9.98. The van der Waals surface area contributed by atoms with Crippen molar-refractivity contribution in [3.63, 3.8) is 0 Å². The zero-order chi connectivity index (χ0) is 10.7. The summed E-state index contributed by atoms with van der Waals surface area (Å²) in [6, 6.07) is 3.37. The fourth-order valence-corrected chi connectivity index (χ4v) is 3.72. The van der Waals surface area contributed by atoms with Crippen LogP contribution >= 0.6 is 11.3 Å². The molecule has 1 aromatic rings. The molecule has 15 heavy (non-hydrogen) atoms. The van der Waals surface area contributed by atoms with Crippen molar-refractivity contribution < 1.29 is 8.42 Å². The van der Waals surface area contributed by atoms with E-state index in [2.05, 4.69) is 4.83 Å². The highest BCUT2D eigenvalue weighted by Gasteiger charge is 2.20. The lowest BCUT2D eigenvalue weighted by Crippen LogP contribution is -2.44. The molecule has 1 aliphatic heterocycles. The Bertz CT molecular complexity index is 394. The molecule has 1 aliphatic rings. The molecule has 1 N–H and O–H groups in total. The van der Waals surface area contributed by atoms with Crippen molar-refractivity contribution in [2.45, 2.75) is 23.5 Å². The van der Waals surface area contributed by atoms with Crippen molar-refractivity contribution in [1.29, 1.82) is 0 Å². The van der Waals surface area contributed by atoms with Crippen LogP contribution in [0.4, 0.5) is 0 Å². The summed E-state index contributed by atoms with van der Waals surface area (Å²) < 4.78 is 24.0. The van der Waals surface area contributed by atoms with Crippen molar-refractivity contribution >= 4 is 21.4 Å². The fourth-order valence-electron chi connectivity index (χ4n) is 1.62. The first kappa shape index (κ1) is 11.1. The summed E-state index contributed by atoms with van der Waals surface area (Å²) in [6.07, 6.45) is 3.32. The number of nitrogens with one attached hydrogen (secondary N) is 1. The van der Waals surface area contributed by atoms with Crippen molar-refractivity contribution in [1.82, 2.24) is 9.84 Å². The first-order valence-electron chi connectivity index (χ1n) is 4.99. The minimum absolute atomic E-state index is 0.382. The first-order chi connectivity index (χ1) is 7.18. The first-order valence-corrected chi connectivity index (χ1v) is 7.36. The van der Waals surface area contributed by atoms with Gasteiger partial charge in [-0.15, -0.1) is 16.2 Å². The van der Waals surface area contributed by atoms with Crippen molar-refractivity contribution in [2.75, 3.05) is 13.1 Å². The lowest BCUT2D eigenvalue weighted by atomic mass is 10.2. The van der Waals surface area contributed by atoms with Gasteiger partial charge in [0.05, 0.1) is 0 Å². The SMILES string of the molecule is O=S(=O)(NN1CCCCC1)c1cccs1. The van der Waals surface area contributed by atoms with Gasteiger partial charge in [0, 0.05) is 13.1 Å². The number of rotatable bonds is 3. The Kier molecular flexibility index (Phi) is 3.40. The van der Waals surface area contributed by atoms with Crippen LogP contribution in [0.1, 0.15) is 19.3 Å². The summed E-state index contributed by atoms with van der Waals surface area (Å²) in [5.41, 5.74) is 0. The van der Waals surface area contributed by atoms with Crippen molar-refractivity contribution in [3.8, 4) is 0 Å². The third kappa shape index (κ3) is 2.78. The molecule has 6 heteroatoms. The van der Waals surface area contributed by atoms with E-state index in [1.54, 1.807) is 22.5 Å². The molecule has 4 nitrogen and oxygen atoms in total. The molecule has 0 spiro atoms. The van der Waals surface area contributed by atoms with Gasteiger partial charge in [0.1, 0.15) is 4.21 Å². The number of sulfonamides is 1. The molecule has 0 radical (unpaired) electrons. The standard InChI is InChI=1S/C9H14N2O2S2/c12-15(13,9-5-4-8-14-9)10-11-6-2-1-3-7-11/h4-5,8,10H,1-3,6-7H2. The Morgan fingerprint density at radius 2 is 2.00 bits per heavy atom. The van der Waals surface area contributed by atoms with E-state index in [-0.39, 0.29) is 0 Å². The summed E-state index contributed by atoms with van der Waals surface area (Å²) in [4.78, 5) is 2.61. The van der Waals surface area contributed by atoms with Crippen LogP contribution in [0.5, 0.6) is 0 Å². The summed E-state index contributed by atoms with van der Waals surface area (Å²) in [6.45, 7) is 1.62. The second-order valence-electron chi connectivity index (χ2n) is 3.57. The van der Waals surface area contributed by atoms with E-state index in [1.165, 1.54) is 17.8 Å². The largest absolute Gasteiger partial charge is 0.262 e. The van der Waals surface area contributed by atoms with E-state index >= 15 is 0 Å². The van der Waals surface area contributed by atoms with Gasteiger partial charge in [-0.2, -0.15) is 0 Å². The smallest absolute Gasteiger partial charge is 0.230 e. The Morgan fingerprint density at radius 1 is 1.27 bits per heavy atom. The molecular formula is C9H14N2O2S2. The van der Waals surface area contributed by atoms with Gasteiger partial charge in [0.2, 0.25) is 0 Å². The normalized spacial score (nSPS) is 19.2. The van der Waals surface area contributed by atoms with Crippen LogP contribution in [0.3, 0.4) is 0 Å². The van der Waals surface area contributed by atoms with E-state index in [1.807, 2.05) is 0 Å². The predicted octanol–water partition coefficient (Wildman–Crippen LogP) is 1.43. The number of hydrogen-bond acceptors (Lipinski definition) is 4. The van der Waals surface area contributed by atoms with Crippen molar-refractivity contribution in [2.24, 2.45) is 0 Å². The van der Waals surface area contributed by atoms with Gasteiger partial charge in [0.25, 0.3) is 10.0 Å². The molecular weight excluding hydrogens is 232 g/mol. The molecule has 2 rings (SSSR count). The van der Waals surface area contributed by atoms with E-state index < -0.39 is 10.0 Å². The maximum absolute atomic E-state index is 11.8. The Hall–Kier alpha value is -0.430. The molecule has 0 aromatic carbocycles. The zero-order valence-electron chi connectivity index (χ0n) is 8.35. The highest BCUT2D eigenvalue weighted by molar-refractivity contribution is 7.91. The number of nitrogens with zero attached hydrogens (tertiary/aromatic N) is 1. The monoisotopic (exact) mass is 246 g/mol. The summed E-state index contributed by atoms with van der Waals surface area (Å²) >= 11 is 1.24. The summed E-state index contributed by atoms with van der Waals surface area (Å²) in [5, 5.41) is 3.56. The summed E-state index contributed by atoms with van der Waals surface area (Å²) in [7, 11) is -3.32. The number of thiophene rings is 1. The highest BCUT2D eigenvalue weighted by Crippen LogP contribution is 2.16. The third-order valence-electron chi connectivity index (χ3n) is 2.37. The molecule has 0 aliphatic carbocycles. The fraction of sp³-hybridized carbons (Fsp3) is 0.556. The van der Waals surface area contributed by atoms with Gasteiger partial charge in [-0.1, -0.05) is 12.5 Å². The van der Waals surface area contributed by atoms with E-state index in [0.717, 1.165) is 25.9 Å². The molecule has 1 aromatic heterocycles. The molecule has 0 amide bonds. The van der Waals surface area contributed by atoms with Gasteiger partial charge in [-0.25, -0.2) is 13.4 Å². The molecule has 0 unspecified atom stereocenters. The third-order valence-corrected chi connectivity index (χ3v) is 5.14. The molecule has 0 atom stereocenters. The van der Waals surface area contributed by atoms with Gasteiger partial charge in [-0.05, 0) is 24.3 Å². The highest BCUT2D eigenvalue weighted by atomic mass is 32.2. The lowest BCUT2D eigenvalue weighted by Gasteiger charge is -2.26. The average Bonchev–Trinajstić information content (AvgIpc) is 2.71. The van der Waals surface area contributed by atoms with Gasteiger partial charge in [0.15, 0.2) is 0 Å². The van der Waals surface area contributed by atoms with Gasteiger partial charge < -0.3 is 0 Å². The molecule has 0 bridgehead atoms. The second-order valence-corrected chi connectivity index (χ2v) is 6.41. The van der Waals surface area contributed by atoms with E-state index in [4.69, 9.17) is 0 Å². The molecule has 1 saturated heterocycles. The second kappa shape index (κ2) is 4.61. The van der Waals surface area contributed by atoms with Crippen molar-refractivity contribution in [3.05, 3.63) is 17.5 Å². The Balaban J connectivity index is 2.04. The Morgan fingerprint density at radius 3 is 2.60 bits per heavy atom. The molecule has 2 heterocycles. The van der Waals surface area contributed by atoms with Crippen LogP contribution < -0.4 is 4.83 Å². The maximum atomic E-state index is 11.8. The predicted molar refractivity (Wildman–Crippen MR) is 60.1 cm³/mol. The minimum Gasteiger partial charge on any atom is -0.230 e. The summed E-state index contributed by atoms with van der Waals surface area (Å²) in [5.74, 6) is 0. The Labute approximate surface area is 93.9 Å². The van der Waals surface area contributed by atoms with Crippen LogP contribution in [0.15, 0.2) is 21.7 Å². The topological polar surface area (TPSA) is 49.4 Å². The van der Waals surface area contributed by atoms with Crippen LogP contribution in [0.2, 0.25) is 0 Å². The van der Waals surface area contributed by atoms with E-state index in [9.17, 15) is 8.42 Å². The van der Waals surface area contributed by atoms with Crippen LogP contribution in [0.25, 0.3) is 0 Å².